The molecule has 1 N–H and O–H groups in total. The maximum absolute atomic E-state index is 13.2. The zero-order valence-corrected chi connectivity index (χ0v) is 21.4. The summed E-state index contributed by atoms with van der Waals surface area (Å²) >= 11 is 0. The molecule has 2 heteroatoms. The lowest BCUT2D eigenvalue weighted by molar-refractivity contribution is -0.114. The fourth-order valence-electron chi connectivity index (χ4n) is 9.96. The van der Waals surface area contributed by atoms with Crippen LogP contribution in [0.15, 0.2) is 24.3 Å². The van der Waals surface area contributed by atoms with Gasteiger partial charge in [-0.2, -0.15) is 0 Å². The van der Waals surface area contributed by atoms with Crippen molar-refractivity contribution in [3.8, 4) is 0 Å². The quantitative estimate of drug-likeness (QED) is 0.455. The molecule has 9 atom stereocenters. The van der Waals surface area contributed by atoms with Crippen LogP contribution < -0.4 is 0 Å². The second-order valence-corrected chi connectivity index (χ2v) is 13.1. The lowest BCUT2D eigenvalue weighted by atomic mass is 9.44. The van der Waals surface area contributed by atoms with E-state index in [-0.39, 0.29) is 5.82 Å². The van der Waals surface area contributed by atoms with Gasteiger partial charge in [0.25, 0.3) is 0 Å². The van der Waals surface area contributed by atoms with Crippen LogP contribution in [0.3, 0.4) is 0 Å². The highest BCUT2D eigenvalue weighted by atomic mass is 19.1. The van der Waals surface area contributed by atoms with Gasteiger partial charge >= 0.3 is 0 Å². The first kappa shape index (κ1) is 23.8. The van der Waals surface area contributed by atoms with Crippen LogP contribution in [0.25, 0.3) is 0 Å². The molecular formula is C31H47FO. The molecule has 0 spiro atoms. The van der Waals surface area contributed by atoms with Gasteiger partial charge in [0, 0.05) is 0 Å². The topological polar surface area (TPSA) is 20.2 Å². The van der Waals surface area contributed by atoms with Crippen LogP contribution in [0.1, 0.15) is 116 Å². The minimum absolute atomic E-state index is 0.232. The van der Waals surface area contributed by atoms with E-state index < -0.39 is 6.10 Å². The first-order chi connectivity index (χ1) is 15.8. The highest BCUT2D eigenvalue weighted by Gasteiger charge is 2.60. The van der Waals surface area contributed by atoms with Crippen molar-refractivity contribution in [3.05, 3.63) is 35.6 Å². The SMILES string of the molecule is C[C@H](CCCC(O)c1ccc(F)cc1)[C@H]1CC[C@H]2[C@@H]3CC[C@H]4CCCC[C@]4(C)[C@H]3CC[C@]12C. The number of fused-ring (bicyclic) bond motifs is 5. The third-order valence-electron chi connectivity index (χ3n) is 11.7. The van der Waals surface area contributed by atoms with Gasteiger partial charge < -0.3 is 5.11 Å². The molecule has 0 aromatic heterocycles. The molecule has 0 aliphatic heterocycles. The maximum atomic E-state index is 13.2. The van der Waals surface area contributed by atoms with Crippen molar-refractivity contribution < 1.29 is 9.50 Å². The molecule has 4 aliphatic rings. The van der Waals surface area contributed by atoms with Gasteiger partial charge in [-0.25, -0.2) is 4.39 Å². The summed E-state index contributed by atoms with van der Waals surface area (Å²) in [5.41, 5.74) is 2.03. The number of benzene rings is 1. The second kappa shape index (κ2) is 9.29. The van der Waals surface area contributed by atoms with E-state index in [1.54, 1.807) is 12.1 Å². The third-order valence-corrected chi connectivity index (χ3v) is 11.7. The van der Waals surface area contributed by atoms with Gasteiger partial charge in [-0.05, 0) is 122 Å². The smallest absolute Gasteiger partial charge is 0.123 e. The van der Waals surface area contributed by atoms with Crippen LogP contribution in [0, 0.1) is 52.2 Å². The molecule has 4 aliphatic carbocycles. The largest absolute Gasteiger partial charge is 0.388 e. The van der Waals surface area contributed by atoms with Crippen molar-refractivity contribution in [1.82, 2.24) is 0 Å². The fourth-order valence-corrected chi connectivity index (χ4v) is 9.96. The van der Waals surface area contributed by atoms with Gasteiger partial charge in [-0.1, -0.05) is 58.6 Å². The lowest BCUT2D eigenvalue weighted by Crippen LogP contribution is -2.53. The summed E-state index contributed by atoms with van der Waals surface area (Å²) in [5.74, 6) is 5.30. The van der Waals surface area contributed by atoms with Crippen molar-refractivity contribution in [2.24, 2.45) is 46.3 Å². The number of hydrogen-bond donors (Lipinski definition) is 1. The van der Waals surface area contributed by atoms with E-state index in [9.17, 15) is 9.50 Å². The van der Waals surface area contributed by atoms with Crippen LogP contribution in [-0.2, 0) is 0 Å². The molecule has 4 fully saturated rings. The van der Waals surface area contributed by atoms with Crippen LogP contribution in [0.2, 0.25) is 0 Å². The molecule has 33 heavy (non-hydrogen) atoms. The molecule has 1 unspecified atom stereocenters. The Balaban J connectivity index is 1.20. The average Bonchev–Trinajstić information content (AvgIpc) is 3.16. The van der Waals surface area contributed by atoms with Crippen molar-refractivity contribution in [2.45, 2.75) is 110 Å². The molecule has 0 radical (unpaired) electrons. The highest BCUT2D eigenvalue weighted by Crippen LogP contribution is 2.68. The minimum atomic E-state index is -0.466. The van der Waals surface area contributed by atoms with E-state index >= 15 is 0 Å². The number of rotatable bonds is 6. The summed E-state index contributed by atoms with van der Waals surface area (Å²) in [6, 6.07) is 6.37. The second-order valence-electron chi connectivity index (χ2n) is 13.1. The Labute approximate surface area is 201 Å². The molecule has 0 saturated heterocycles. The van der Waals surface area contributed by atoms with E-state index in [1.807, 2.05) is 0 Å². The zero-order valence-electron chi connectivity index (χ0n) is 21.4. The Kier molecular flexibility index (Phi) is 6.71. The fraction of sp³-hybridized carbons (Fsp3) is 0.806. The average molecular weight is 455 g/mol. The van der Waals surface area contributed by atoms with Gasteiger partial charge in [0.15, 0.2) is 0 Å². The molecule has 1 nitrogen and oxygen atoms in total. The first-order valence-electron chi connectivity index (χ1n) is 14.3. The van der Waals surface area contributed by atoms with Gasteiger partial charge in [0.1, 0.15) is 5.82 Å². The molecule has 0 heterocycles. The predicted octanol–water partition coefficient (Wildman–Crippen LogP) is 8.71. The summed E-state index contributed by atoms with van der Waals surface area (Å²) < 4.78 is 13.2. The van der Waals surface area contributed by atoms with Crippen molar-refractivity contribution in [3.63, 3.8) is 0 Å². The van der Waals surface area contributed by atoms with Gasteiger partial charge in [-0.3, -0.25) is 0 Å². The Morgan fingerprint density at radius 3 is 2.42 bits per heavy atom. The van der Waals surface area contributed by atoms with E-state index in [0.29, 0.717) is 10.8 Å². The minimum Gasteiger partial charge on any atom is -0.388 e. The van der Waals surface area contributed by atoms with Crippen molar-refractivity contribution in [1.29, 1.82) is 0 Å². The summed E-state index contributed by atoms with van der Waals surface area (Å²) in [6.07, 6.45) is 17.4. The third kappa shape index (κ3) is 4.21. The van der Waals surface area contributed by atoms with Crippen molar-refractivity contribution >= 4 is 0 Å². The Bertz CT molecular complexity index is 804. The maximum Gasteiger partial charge on any atom is 0.123 e. The van der Waals surface area contributed by atoms with Gasteiger partial charge in [-0.15, -0.1) is 0 Å². The number of hydrogen-bond acceptors (Lipinski definition) is 1. The van der Waals surface area contributed by atoms with Gasteiger partial charge in [0.2, 0.25) is 0 Å². The molecule has 0 amide bonds. The highest BCUT2D eigenvalue weighted by molar-refractivity contribution is 5.18. The molecule has 0 bridgehead atoms. The zero-order chi connectivity index (χ0) is 23.2. The Hall–Kier alpha value is -0.890. The monoisotopic (exact) mass is 454 g/mol. The summed E-state index contributed by atoms with van der Waals surface area (Å²) in [6.45, 7) is 7.86. The number of halogens is 1. The molecule has 1 aromatic carbocycles. The van der Waals surface area contributed by atoms with Crippen molar-refractivity contribution in [2.75, 3.05) is 0 Å². The Morgan fingerprint density at radius 1 is 0.879 bits per heavy atom. The van der Waals surface area contributed by atoms with E-state index in [2.05, 4.69) is 20.8 Å². The predicted molar refractivity (Wildman–Crippen MR) is 134 cm³/mol. The van der Waals surface area contributed by atoms with E-state index in [0.717, 1.165) is 53.9 Å². The lowest BCUT2D eigenvalue weighted by Gasteiger charge is -2.61. The van der Waals surface area contributed by atoms with Crippen LogP contribution >= 0.6 is 0 Å². The first-order valence-corrected chi connectivity index (χ1v) is 14.3. The summed E-state index contributed by atoms with van der Waals surface area (Å²) in [5, 5.41) is 10.6. The standard InChI is InChI=1S/C31H47FO/c1-21(7-6-9-29(33)22-10-13-24(32)14-11-22)26-16-17-27-25-15-12-23-8-4-5-19-30(23,2)28(25)18-20-31(26,27)3/h10-11,13-14,21,23,25-29,33H,4-9,12,15-20H2,1-3H3/t21-,23-,25+,26-,27+,28+,29?,30+,31-/m1/s1. The molecular weight excluding hydrogens is 407 g/mol. The molecule has 184 valence electrons. The number of aliphatic hydroxyl groups is 1. The molecule has 1 aromatic rings. The van der Waals surface area contributed by atoms with E-state index in [4.69, 9.17) is 0 Å². The van der Waals surface area contributed by atoms with Crippen LogP contribution in [0.5, 0.6) is 0 Å². The van der Waals surface area contributed by atoms with Crippen LogP contribution in [0.4, 0.5) is 4.39 Å². The van der Waals surface area contributed by atoms with E-state index in [1.165, 1.54) is 82.8 Å². The van der Waals surface area contributed by atoms with Crippen LogP contribution in [-0.4, -0.2) is 5.11 Å². The summed E-state index contributed by atoms with van der Waals surface area (Å²) in [7, 11) is 0. The molecule has 4 saturated carbocycles. The van der Waals surface area contributed by atoms with Gasteiger partial charge in [0.05, 0.1) is 6.10 Å². The Morgan fingerprint density at radius 2 is 1.64 bits per heavy atom. The summed E-state index contributed by atoms with van der Waals surface area (Å²) in [4.78, 5) is 0. The molecule has 5 rings (SSSR count). The number of aliphatic hydroxyl groups excluding tert-OH is 1. The normalized spacial score (nSPS) is 42.2.